The van der Waals surface area contributed by atoms with E-state index in [1.54, 1.807) is 0 Å². The Morgan fingerprint density at radius 2 is 2.16 bits per heavy atom. The van der Waals surface area contributed by atoms with Gasteiger partial charge in [-0.3, -0.25) is 4.79 Å². The maximum absolute atomic E-state index is 12.2. The molecule has 106 valence electrons. The average molecular weight is 282 g/mol. The number of thiazole rings is 1. The smallest absolute Gasteiger partial charge is 0.265 e. The third-order valence-corrected chi connectivity index (χ3v) is 4.35. The summed E-state index contributed by atoms with van der Waals surface area (Å²) in [5, 5.41) is 6.96. The van der Waals surface area contributed by atoms with E-state index in [1.165, 1.54) is 30.6 Å². The Bertz CT molecular complexity index is 426. The van der Waals surface area contributed by atoms with Crippen LogP contribution in [-0.4, -0.2) is 23.5 Å². The fourth-order valence-electron chi connectivity index (χ4n) is 2.30. The molecule has 1 saturated carbocycles. The summed E-state index contributed by atoms with van der Waals surface area (Å²) >= 11 is 1.34. The van der Waals surface area contributed by atoms with E-state index >= 15 is 0 Å². The van der Waals surface area contributed by atoms with Gasteiger partial charge in [0.2, 0.25) is 0 Å². The van der Waals surface area contributed by atoms with Gasteiger partial charge in [0.15, 0.2) is 5.13 Å². The van der Waals surface area contributed by atoms with Crippen molar-refractivity contribution >= 4 is 28.2 Å². The van der Waals surface area contributed by atoms with Crippen LogP contribution in [0.1, 0.15) is 55.1 Å². The molecule has 0 atom stereocenters. The van der Waals surface area contributed by atoms with Gasteiger partial charge in [0, 0.05) is 12.6 Å². The van der Waals surface area contributed by atoms with Gasteiger partial charge in [0.1, 0.15) is 10.7 Å². The van der Waals surface area contributed by atoms with Gasteiger partial charge >= 0.3 is 0 Å². The highest BCUT2D eigenvalue weighted by molar-refractivity contribution is 7.18. The molecule has 1 aliphatic carbocycles. The Morgan fingerprint density at radius 3 is 2.84 bits per heavy atom. The van der Waals surface area contributed by atoms with Gasteiger partial charge in [-0.25, -0.2) is 4.98 Å². The number of rotatable bonds is 5. The SMILES string of the molecule is CCCNc1nc(N)c(C(=O)NC2CCCCC2)s1. The number of carbonyl (C=O) groups excluding carboxylic acids is 1. The van der Waals surface area contributed by atoms with Crippen LogP contribution in [0, 0.1) is 0 Å². The highest BCUT2D eigenvalue weighted by atomic mass is 32.1. The molecule has 0 aliphatic heterocycles. The zero-order chi connectivity index (χ0) is 13.7. The van der Waals surface area contributed by atoms with E-state index in [0.717, 1.165) is 30.9 Å². The van der Waals surface area contributed by atoms with Crippen LogP contribution < -0.4 is 16.4 Å². The maximum Gasteiger partial charge on any atom is 0.265 e. The van der Waals surface area contributed by atoms with E-state index in [-0.39, 0.29) is 5.91 Å². The third-order valence-electron chi connectivity index (χ3n) is 3.33. The van der Waals surface area contributed by atoms with Crippen LogP contribution in [0.4, 0.5) is 10.9 Å². The molecule has 1 aliphatic rings. The molecule has 0 spiro atoms. The zero-order valence-corrected chi connectivity index (χ0v) is 12.2. The van der Waals surface area contributed by atoms with Crippen LogP contribution in [-0.2, 0) is 0 Å². The number of anilines is 2. The van der Waals surface area contributed by atoms with Gasteiger partial charge in [-0.15, -0.1) is 0 Å². The summed E-state index contributed by atoms with van der Waals surface area (Å²) in [6.07, 6.45) is 6.85. The summed E-state index contributed by atoms with van der Waals surface area (Å²) in [5.41, 5.74) is 5.82. The first kappa shape index (κ1) is 14.1. The highest BCUT2D eigenvalue weighted by Crippen LogP contribution is 2.26. The second-order valence-electron chi connectivity index (χ2n) is 4.97. The predicted molar refractivity (Wildman–Crippen MR) is 79.6 cm³/mol. The Kier molecular flexibility index (Phi) is 5.01. The van der Waals surface area contributed by atoms with Crippen molar-refractivity contribution in [1.82, 2.24) is 10.3 Å². The number of nitrogens with zero attached hydrogens (tertiary/aromatic N) is 1. The van der Waals surface area contributed by atoms with Crippen molar-refractivity contribution in [2.24, 2.45) is 0 Å². The molecular formula is C13H22N4OS. The second-order valence-corrected chi connectivity index (χ2v) is 5.97. The monoisotopic (exact) mass is 282 g/mol. The summed E-state index contributed by atoms with van der Waals surface area (Å²) in [7, 11) is 0. The number of amides is 1. The summed E-state index contributed by atoms with van der Waals surface area (Å²) < 4.78 is 0. The minimum atomic E-state index is -0.0774. The lowest BCUT2D eigenvalue weighted by Gasteiger charge is -2.22. The molecule has 0 unspecified atom stereocenters. The topological polar surface area (TPSA) is 80.0 Å². The van der Waals surface area contributed by atoms with E-state index < -0.39 is 0 Å². The lowest BCUT2D eigenvalue weighted by molar-refractivity contribution is 0.0932. The Hall–Kier alpha value is -1.30. The first-order valence-electron chi connectivity index (χ1n) is 7.01. The largest absolute Gasteiger partial charge is 0.382 e. The first-order chi connectivity index (χ1) is 9.20. The highest BCUT2D eigenvalue weighted by Gasteiger charge is 2.20. The van der Waals surface area contributed by atoms with Crippen molar-refractivity contribution in [2.45, 2.75) is 51.5 Å². The minimum Gasteiger partial charge on any atom is -0.382 e. The number of nitrogens with one attached hydrogen (secondary N) is 2. The fraction of sp³-hybridized carbons (Fsp3) is 0.692. The Balaban J connectivity index is 1.95. The lowest BCUT2D eigenvalue weighted by atomic mass is 9.95. The van der Waals surface area contributed by atoms with Crippen LogP contribution in [0.2, 0.25) is 0 Å². The quantitative estimate of drug-likeness (QED) is 0.775. The van der Waals surface area contributed by atoms with Crippen LogP contribution in [0.25, 0.3) is 0 Å². The summed E-state index contributed by atoms with van der Waals surface area (Å²) in [5.74, 6) is 0.253. The van der Waals surface area contributed by atoms with Crippen molar-refractivity contribution in [2.75, 3.05) is 17.6 Å². The standard InChI is InChI=1S/C13H22N4OS/c1-2-8-15-13-17-11(14)10(19-13)12(18)16-9-6-4-3-5-7-9/h9H,2-8,14H2,1H3,(H,15,17)(H,16,18). The molecular weight excluding hydrogens is 260 g/mol. The molecule has 5 nitrogen and oxygen atoms in total. The molecule has 0 bridgehead atoms. The Labute approximate surface area is 118 Å². The summed E-state index contributed by atoms with van der Waals surface area (Å²) in [6, 6.07) is 0.301. The third kappa shape index (κ3) is 3.83. The van der Waals surface area contributed by atoms with Gasteiger partial charge < -0.3 is 16.4 Å². The minimum absolute atomic E-state index is 0.0774. The van der Waals surface area contributed by atoms with Gasteiger partial charge in [-0.2, -0.15) is 0 Å². The molecule has 1 heterocycles. The molecule has 1 aromatic rings. The number of hydrogen-bond donors (Lipinski definition) is 3. The molecule has 0 radical (unpaired) electrons. The fourth-order valence-corrected chi connectivity index (χ4v) is 3.11. The summed E-state index contributed by atoms with van der Waals surface area (Å²) in [6.45, 7) is 2.93. The number of nitrogens with two attached hydrogens (primary N) is 1. The van der Waals surface area contributed by atoms with Gasteiger partial charge in [0.05, 0.1) is 0 Å². The van der Waals surface area contributed by atoms with Crippen LogP contribution in [0.3, 0.4) is 0 Å². The van der Waals surface area contributed by atoms with E-state index in [4.69, 9.17) is 5.73 Å². The molecule has 4 N–H and O–H groups in total. The molecule has 1 aromatic heterocycles. The predicted octanol–water partition coefficient (Wildman–Crippen LogP) is 2.61. The number of carbonyl (C=O) groups is 1. The average Bonchev–Trinajstić information content (AvgIpc) is 2.79. The van der Waals surface area contributed by atoms with Crippen molar-refractivity contribution < 1.29 is 4.79 Å². The van der Waals surface area contributed by atoms with Crippen molar-refractivity contribution in [3.63, 3.8) is 0 Å². The van der Waals surface area contributed by atoms with Gasteiger partial charge in [-0.1, -0.05) is 37.5 Å². The molecule has 0 saturated heterocycles. The van der Waals surface area contributed by atoms with E-state index in [2.05, 4.69) is 22.5 Å². The maximum atomic E-state index is 12.2. The molecule has 1 amide bonds. The molecule has 6 heteroatoms. The van der Waals surface area contributed by atoms with Gasteiger partial charge in [-0.05, 0) is 19.3 Å². The summed E-state index contributed by atoms with van der Waals surface area (Å²) in [4.78, 5) is 16.9. The van der Waals surface area contributed by atoms with Crippen LogP contribution in [0.5, 0.6) is 0 Å². The number of aromatic nitrogens is 1. The number of nitrogen functional groups attached to an aromatic ring is 1. The molecule has 19 heavy (non-hydrogen) atoms. The normalized spacial score (nSPS) is 16.3. The number of hydrogen-bond acceptors (Lipinski definition) is 5. The Morgan fingerprint density at radius 1 is 1.42 bits per heavy atom. The van der Waals surface area contributed by atoms with E-state index in [1.807, 2.05) is 0 Å². The van der Waals surface area contributed by atoms with E-state index in [9.17, 15) is 4.79 Å². The van der Waals surface area contributed by atoms with Crippen molar-refractivity contribution in [1.29, 1.82) is 0 Å². The molecule has 1 fully saturated rings. The van der Waals surface area contributed by atoms with Crippen LogP contribution in [0.15, 0.2) is 0 Å². The molecule has 0 aromatic carbocycles. The van der Waals surface area contributed by atoms with Crippen molar-refractivity contribution in [3.05, 3.63) is 4.88 Å². The first-order valence-corrected chi connectivity index (χ1v) is 7.83. The second kappa shape index (κ2) is 6.75. The van der Waals surface area contributed by atoms with E-state index in [0.29, 0.717) is 16.7 Å². The molecule has 2 rings (SSSR count). The lowest BCUT2D eigenvalue weighted by Crippen LogP contribution is -2.36. The zero-order valence-electron chi connectivity index (χ0n) is 11.4. The van der Waals surface area contributed by atoms with Crippen LogP contribution >= 0.6 is 11.3 Å². The van der Waals surface area contributed by atoms with Crippen molar-refractivity contribution in [3.8, 4) is 0 Å². The van der Waals surface area contributed by atoms with Gasteiger partial charge in [0.25, 0.3) is 5.91 Å².